The van der Waals surface area contributed by atoms with Crippen molar-refractivity contribution in [2.24, 2.45) is 0 Å². The molecule has 0 radical (unpaired) electrons. The van der Waals surface area contributed by atoms with E-state index < -0.39 is 0 Å². The summed E-state index contributed by atoms with van der Waals surface area (Å²) >= 11 is 1.72. The molecule has 3 heteroatoms. The van der Waals surface area contributed by atoms with E-state index in [1.54, 1.807) is 11.3 Å². The van der Waals surface area contributed by atoms with E-state index >= 15 is 0 Å². The van der Waals surface area contributed by atoms with Crippen LogP contribution in [0.15, 0.2) is 24.4 Å². The lowest BCUT2D eigenvalue weighted by Crippen LogP contribution is -1.94. The molecule has 0 aliphatic heterocycles. The predicted octanol–water partition coefficient (Wildman–Crippen LogP) is 3.86. The van der Waals surface area contributed by atoms with E-state index in [0.29, 0.717) is 0 Å². The van der Waals surface area contributed by atoms with Crippen LogP contribution in [0.5, 0.6) is 0 Å². The fraction of sp³-hybridized carbons (Fsp3) is 0.308. The molecule has 0 spiro atoms. The van der Waals surface area contributed by atoms with Crippen molar-refractivity contribution in [1.29, 1.82) is 0 Å². The molecular formula is C13H16N2S. The molecule has 2 nitrogen and oxygen atoms in total. The van der Waals surface area contributed by atoms with E-state index in [2.05, 4.69) is 49.3 Å². The van der Waals surface area contributed by atoms with Crippen LogP contribution < -0.4 is 5.32 Å². The summed E-state index contributed by atoms with van der Waals surface area (Å²) in [5.74, 6) is 0. The van der Waals surface area contributed by atoms with Crippen LogP contribution in [0.2, 0.25) is 0 Å². The molecule has 2 rings (SSSR count). The second-order valence-corrected chi connectivity index (χ2v) is 4.86. The smallest absolute Gasteiger partial charge is 0.183 e. The van der Waals surface area contributed by atoms with E-state index in [1.165, 1.54) is 21.6 Å². The third-order valence-electron chi connectivity index (χ3n) is 2.56. The van der Waals surface area contributed by atoms with Gasteiger partial charge >= 0.3 is 0 Å². The zero-order valence-electron chi connectivity index (χ0n) is 9.87. The molecule has 2 aromatic rings. The van der Waals surface area contributed by atoms with Gasteiger partial charge in [0.1, 0.15) is 0 Å². The van der Waals surface area contributed by atoms with Gasteiger partial charge in [0.05, 0.1) is 4.88 Å². The van der Waals surface area contributed by atoms with Gasteiger partial charge in [0, 0.05) is 12.7 Å². The second-order valence-electron chi connectivity index (χ2n) is 3.83. The van der Waals surface area contributed by atoms with Crippen molar-refractivity contribution in [2.45, 2.75) is 20.8 Å². The molecule has 0 fully saturated rings. The largest absolute Gasteiger partial charge is 0.362 e. The third-order valence-corrected chi connectivity index (χ3v) is 3.53. The first-order chi connectivity index (χ1) is 7.72. The molecule has 0 saturated carbocycles. The molecule has 0 amide bonds. The highest BCUT2D eigenvalue weighted by Crippen LogP contribution is 2.33. The van der Waals surface area contributed by atoms with Gasteiger partial charge in [-0.15, -0.1) is 0 Å². The summed E-state index contributed by atoms with van der Waals surface area (Å²) < 4.78 is 0. The highest BCUT2D eigenvalue weighted by Gasteiger charge is 2.08. The van der Waals surface area contributed by atoms with Gasteiger partial charge < -0.3 is 5.32 Å². The monoisotopic (exact) mass is 232 g/mol. The minimum atomic E-state index is 0.916. The minimum Gasteiger partial charge on any atom is -0.362 e. The number of nitrogens with zero attached hydrogens (tertiary/aromatic N) is 1. The fourth-order valence-electron chi connectivity index (χ4n) is 1.83. The number of aromatic nitrogens is 1. The van der Waals surface area contributed by atoms with Gasteiger partial charge in [-0.1, -0.05) is 29.5 Å². The zero-order chi connectivity index (χ0) is 11.5. The predicted molar refractivity (Wildman–Crippen MR) is 71.2 cm³/mol. The van der Waals surface area contributed by atoms with Crippen molar-refractivity contribution in [3.63, 3.8) is 0 Å². The summed E-state index contributed by atoms with van der Waals surface area (Å²) in [6.07, 6.45) is 1.96. The maximum Gasteiger partial charge on any atom is 0.183 e. The lowest BCUT2D eigenvalue weighted by atomic mass is 10.0. The molecule has 1 aromatic heterocycles. The van der Waals surface area contributed by atoms with Crippen molar-refractivity contribution in [3.05, 3.63) is 35.5 Å². The maximum absolute atomic E-state index is 4.37. The van der Waals surface area contributed by atoms with Gasteiger partial charge in [-0.05, 0) is 37.5 Å². The van der Waals surface area contributed by atoms with E-state index in [9.17, 15) is 0 Å². The first-order valence-electron chi connectivity index (χ1n) is 5.48. The summed E-state index contributed by atoms with van der Waals surface area (Å²) in [4.78, 5) is 5.61. The molecule has 0 atom stereocenters. The van der Waals surface area contributed by atoms with Gasteiger partial charge in [-0.25, -0.2) is 4.98 Å². The van der Waals surface area contributed by atoms with Gasteiger partial charge in [0.2, 0.25) is 0 Å². The number of hydrogen-bond donors (Lipinski definition) is 1. The fourth-order valence-corrected chi connectivity index (χ4v) is 2.89. The first kappa shape index (κ1) is 11.1. The standard InChI is InChI=1S/C13H16N2S/c1-4-14-13-15-8-11(16-13)12-9(2)6-5-7-10(12)3/h5-8H,4H2,1-3H3,(H,14,15). The Kier molecular flexibility index (Phi) is 3.25. The van der Waals surface area contributed by atoms with Crippen LogP contribution in [0, 0.1) is 13.8 Å². The van der Waals surface area contributed by atoms with Crippen LogP contribution in [0.4, 0.5) is 5.13 Å². The number of benzene rings is 1. The number of nitrogens with one attached hydrogen (secondary N) is 1. The Bertz CT molecular complexity index is 468. The molecule has 0 bridgehead atoms. The molecular weight excluding hydrogens is 216 g/mol. The lowest BCUT2D eigenvalue weighted by molar-refractivity contribution is 1.19. The number of rotatable bonds is 3. The van der Waals surface area contributed by atoms with Gasteiger partial charge in [-0.2, -0.15) is 0 Å². The Hall–Kier alpha value is -1.35. The van der Waals surface area contributed by atoms with Crippen LogP contribution in [-0.2, 0) is 0 Å². The quantitative estimate of drug-likeness (QED) is 0.869. The van der Waals surface area contributed by atoms with Crippen LogP contribution in [0.1, 0.15) is 18.1 Å². The van der Waals surface area contributed by atoms with Gasteiger partial charge in [0.25, 0.3) is 0 Å². The van der Waals surface area contributed by atoms with Gasteiger partial charge in [-0.3, -0.25) is 0 Å². The van der Waals surface area contributed by atoms with Crippen molar-refractivity contribution in [2.75, 3.05) is 11.9 Å². The number of thiazole rings is 1. The first-order valence-corrected chi connectivity index (χ1v) is 6.30. The zero-order valence-corrected chi connectivity index (χ0v) is 10.7. The SMILES string of the molecule is CCNc1ncc(-c2c(C)cccc2C)s1. The Morgan fingerprint density at radius 1 is 1.25 bits per heavy atom. The normalized spacial score (nSPS) is 10.4. The van der Waals surface area contributed by atoms with Crippen molar-refractivity contribution >= 4 is 16.5 Å². The summed E-state index contributed by atoms with van der Waals surface area (Å²) in [6, 6.07) is 6.39. The molecule has 0 aliphatic carbocycles. The highest BCUT2D eigenvalue weighted by molar-refractivity contribution is 7.18. The van der Waals surface area contributed by atoms with E-state index in [0.717, 1.165) is 11.7 Å². The number of aryl methyl sites for hydroxylation is 2. The molecule has 0 aliphatic rings. The van der Waals surface area contributed by atoms with Crippen LogP contribution in [0.25, 0.3) is 10.4 Å². The van der Waals surface area contributed by atoms with Crippen molar-refractivity contribution < 1.29 is 0 Å². The number of hydrogen-bond acceptors (Lipinski definition) is 3. The average molecular weight is 232 g/mol. The Morgan fingerprint density at radius 3 is 2.56 bits per heavy atom. The second kappa shape index (κ2) is 4.66. The summed E-state index contributed by atoms with van der Waals surface area (Å²) in [7, 11) is 0. The highest BCUT2D eigenvalue weighted by atomic mass is 32.1. The van der Waals surface area contributed by atoms with E-state index in [-0.39, 0.29) is 0 Å². The maximum atomic E-state index is 4.37. The Morgan fingerprint density at radius 2 is 1.94 bits per heavy atom. The minimum absolute atomic E-state index is 0.916. The topological polar surface area (TPSA) is 24.9 Å². The van der Waals surface area contributed by atoms with Crippen LogP contribution in [0.3, 0.4) is 0 Å². The van der Waals surface area contributed by atoms with Crippen LogP contribution in [-0.4, -0.2) is 11.5 Å². The Balaban J connectivity index is 2.42. The van der Waals surface area contributed by atoms with E-state index in [4.69, 9.17) is 0 Å². The molecule has 1 N–H and O–H groups in total. The molecule has 0 unspecified atom stereocenters. The number of anilines is 1. The summed E-state index contributed by atoms with van der Waals surface area (Å²) in [5, 5.41) is 4.24. The average Bonchev–Trinajstić information content (AvgIpc) is 2.67. The van der Waals surface area contributed by atoms with E-state index in [1.807, 2.05) is 6.20 Å². The summed E-state index contributed by atoms with van der Waals surface area (Å²) in [6.45, 7) is 7.30. The summed E-state index contributed by atoms with van der Waals surface area (Å²) in [5.41, 5.74) is 3.95. The molecule has 16 heavy (non-hydrogen) atoms. The molecule has 1 aromatic carbocycles. The lowest BCUT2D eigenvalue weighted by Gasteiger charge is -2.06. The van der Waals surface area contributed by atoms with Crippen molar-refractivity contribution in [1.82, 2.24) is 4.98 Å². The molecule has 0 saturated heterocycles. The molecule has 1 heterocycles. The third kappa shape index (κ3) is 2.09. The van der Waals surface area contributed by atoms with Gasteiger partial charge in [0.15, 0.2) is 5.13 Å². The molecule has 84 valence electrons. The van der Waals surface area contributed by atoms with Crippen LogP contribution >= 0.6 is 11.3 Å². The Labute approximate surface area is 100 Å². The van der Waals surface area contributed by atoms with Crippen molar-refractivity contribution in [3.8, 4) is 10.4 Å².